The standard InChI is InChI=1S/C27H27N5O3S/c1-34-27(15-35-16-27)24-13-26(30-32(24)20-6-7-20)36-31-25(33)12-23-21-4-2-3-17(21)5-8-22(23)18-9-10-29-19(11-18)14-28/h5,8-11,13,20H,2-4,6-7,12,15-16H2,1H3,(H,31,33). The van der Waals surface area contributed by atoms with Gasteiger partial charge in [0.15, 0.2) is 5.60 Å². The maximum absolute atomic E-state index is 13.2. The molecule has 9 heteroatoms. The van der Waals surface area contributed by atoms with E-state index in [0.29, 0.717) is 24.9 Å². The summed E-state index contributed by atoms with van der Waals surface area (Å²) in [7, 11) is 1.71. The van der Waals surface area contributed by atoms with Gasteiger partial charge in [-0.3, -0.25) is 14.2 Å². The molecule has 8 nitrogen and oxygen atoms in total. The lowest BCUT2D eigenvalue weighted by atomic mass is 9.91. The van der Waals surface area contributed by atoms with E-state index in [-0.39, 0.29) is 12.3 Å². The molecule has 2 fully saturated rings. The number of fused-ring (bicyclic) bond motifs is 1. The first-order valence-corrected chi connectivity index (χ1v) is 13.1. The van der Waals surface area contributed by atoms with Crippen LogP contribution in [0.1, 0.15) is 53.4 Å². The Balaban J connectivity index is 1.23. The fourth-order valence-electron chi connectivity index (χ4n) is 5.20. The zero-order valence-electron chi connectivity index (χ0n) is 20.1. The zero-order chi connectivity index (χ0) is 24.7. The topological polar surface area (TPSA) is 102 Å². The summed E-state index contributed by atoms with van der Waals surface area (Å²) in [5, 5.41) is 14.8. The first kappa shape index (κ1) is 23.2. The van der Waals surface area contributed by atoms with Crippen molar-refractivity contribution >= 4 is 17.9 Å². The van der Waals surface area contributed by atoms with Gasteiger partial charge in [-0.15, -0.1) is 0 Å². The third-order valence-electron chi connectivity index (χ3n) is 7.33. The molecule has 0 spiro atoms. The highest BCUT2D eigenvalue weighted by atomic mass is 32.2. The molecule has 1 aliphatic heterocycles. The van der Waals surface area contributed by atoms with Gasteiger partial charge >= 0.3 is 0 Å². The van der Waals surface area contributed by atoms with Gasteiger partial charge in [0.2, 0.25) is 5.91 Å². The van der Waals surface area contributed by atoms with Gasteiger partial charge in [-0.05, 0) is 78.1 Å². The summed E-state index contributed by atoms with van der Waals surface area (Å²) in [6.45, 7) is 1.03. The minimum absolute atomic E-state index is 0.0768. The largest absolute Gasteiger partial charge is 0.374 e. The predicted octanol–water partition coefficient (Wildman–Crippen LogP) is 3.88. The summed E-state index contributed by atoms with van der Waals surface area (Å²) in [6.07, 6.45) is 7.22. The van der Waals surface area contributed by atoms with Crippen molar-refractivity contribution < 1.29 is 14.3 Å². The molecule has 3 aliphatic rings. The molecule has 0 bridgehead atoms. The molecule has 36 heavy (non-hydrogen) atoms. The number of amides is 1. The highest BCUT2D eigenvalue weighted by Crippen LogP contribution is 2.42. The maximum atomic E-state index is 13.2. The molecule has 184 valence electrons. The van der Waals surface area contributed by atoms with Gasteiger partial charge in [-0.1, -0.05) is 12.1 Å². The molecule has 0 radical (unpaired) electrons. The van der Waals surface area contributed by atoms with Crippen molar-refractivity contribution in [2.75, 3.05) is 20.3 Å². The molecule has 3 heterocycles. The lowest BCUT2D eigenvalue weighted by Gasteiger charge is -2.40. The maximum Gasteiger partial charge on any atom is 0.234 e. The van der Waals surface area contributed by atoms with E-state index < -0.39 is 5.60 Å². The number of hydrogen-bond donors (Lipinski definition) is 1. The molecule has 0 unspecified atom stereocenters. The van der Waals surface area contributed by atoms with Crippen LogP contribution in [0.5, 0.6) is 0 Å². The molecule has 1 saturated carbocycles. The van der Waals surface area contributed by atoms with Crippen LogP contribution in [0.4, 0.5) is 0 Å². The zero-order valence-corrected chi connectivity index (χ0v) is 20.9. The van der Waals surface area contributed by atoms with Gasteiger partial charge in [-0.2, -0.15) is 10.4 Å². The van der Waals surface area contributed by atoms with Crippen LogP contribution in [0, 0.1) is 11.3 Å². The van der Waals surface area contributed by atoms with E-state index in [4.69, 9.17) is 14.6 Å². The molecule has 1 aromatic carbocycles. The number of aryl methyl sites for hydroxylation is 1. The first-order chi connectivity index (χ1) is 17.6. The van der Waals surface area contributed by atoms with Crippen LogP contribution in [-0.2, 0) is 39.1 Å². The van der Waals surface area contributed by atoms with Crippen molar-refractivity contribution in [2.24, 2.45) is 0 Å². The predicted molar refractivity (Wildman–Crippen MR) is 134 cm³/mol. The van der Waals surface area contributed by atoms with Gasteiger partial charge < -0.3 is 9.47 Å². The van der Waals surface area contributed by atoms with Gasteiger partial charge in [0.1, 0.15) is 16.8 Å². The monoisotopic (exact) mass is 501 g/mol. The Morgan fingerprint density at radius 3 is 2.89 bits per heavy atom. The SMILES string of the molecule is COC1(c2cc(SNC(=O)Cc3c(-c4ccnc(C#N)c4)ccc4c3CCC4)nn2C2CC2)COC1. The lowest BCUT2D eigenvalue weighted by Crippen LogP contribution is -2.49. The van der Waals surface area contributed by atoms with Crippen LogP contribution in [0.2, 0.25) is 0 Å². The summed E-state index contributed by atoms with van der Waals surface area (Å²) in [6, 6.07) is 12.4. The summed E-state index contributed by atoms with van der Waals surface area (Å²) in [5.41, 5.74) is 6.43. The van der Waals surface area contributed by atoms with Crippen molar-refractivity contribution in [1.82, 2.24) is 19.5 Å². The normalized spacial score (nSPS) is 17.8. The molecule has 1 saturated heterocycles. The Kier molecular flexibility index (Phi) is 6.04. The Hall–Kier alpha value is -3.19. The highest BCUT2D eigenvalue weighted by molar-refractivity contribution is 7.97. The van der Waals surface area contributed by atoms with Crippen LogP contribution in [-0.4, -0.2) is 41.0 Å². The van der Waals surface area contributed by atoms with E-state index in [1.807, 2.05) is 12.1 Å². The van der Waals surface area contributed by atoms with Crippen LogP contribution >= 0.6 is 11.9 Å². The second-order valence-electron chi connectivity index (χ2n) is 9.66. The quantitative estimate of drug-likeness (QED) is 0.468. The van der Waals surface area contributed by atoms with Crippen molar-refractivity contribution in [2.45, 2.75) is 55.2 Å². The summed E-state index contributed by atoms with van der Waals surface area (Å²) in [5.74, 6) is -0.0768. The van der Waals surface area contributed by atoms with E-state index in [1.165, 1.54) is 23.1 Å². The smallest absolute Gasteiger partial charge is 0.234 e. The first-order valence-electron chi connectivity index (χ1n) is 12.3. The number of nitriles is 1. The van der Waals surface area contributed by atoms with E-state index >= 15 is 0 Å². The van der Waals surface area contributed by atoms with Gasteiger partial charge in [0.25, 0.3) is 0 Å². The minimum atomic E-state index is -0.454. The molecule has 1 amide bonds. The average molecular weight is 502 g/mol. The van der Waals surface area contributed by atoms with E-state index in [2.05, 4.69) is 32.6 Å². The molecule has 2 aromatic heterocycles. The van der Waals surface area contributed by atoms with E-state index in [9.17, 15) is 10.1 Å². The molecular formula is C27H27N5O3S. The fourth-order valence-corrected chi connectivity index (χ4v) is 5.79. The number of rotatable bonds is 8. The summed E-state index contributed by atoms with van der Waals surface area (Å²) in [4.78, 5) is 17.3. The second-order valence-corrected chi connectivity index (χ2v) is 10.5. The third kappa shape index (κ3) is 4.19. The van der Waals surface area contributed by atoms with Crippen molar-refractivity contribution in [1.29, 1.82) is 5.26 Å². The number of nitrogens with zero attached hydrogens (tertiary/aromatic N) is 4. The average Bonchev–Trinajstić information content (AvgIpc) is 3.44. The molecule has 1 N–H and O–H groups in total. The molecule has 6 rings (SSSR count). The summed E-state index contributed by atoms with van der Waals surface area (Å²) < 4.78 is 16.3. The van der Waals surface area contributed by atoms with Crippen molar-refractivity contribution in [3.63, 3.8) is 0 Å². The Morgan fingerprint density at radius 1 is 1.31 bits per heavy atom. The van der Waals surface area contributed by atoms with Crippen LogP contribution in [0.3, 0.4) is 0 Å². The van der Waals surface area contributed by atoms with E-state index in [1.54, 1.807) is 19.4 Å². The molecule has 2 aliphatic carbocycles. The number of pyridine rings is 1. The van der Waals surface area contributed by atoms with Gasteiger partial charge in [-0.25, -0.2) is 4.98 Å². The van der Waals surface area contributed by atoms with Crippen LogP contribution < -0.4 is 4.72 Å². The fraction of sp³-hybridized carbons (Fsp3) is 0.407. The number of carbonyl (C=O) groups is 1. The van der Waals surface area contributed by atoms with E-state index in [0.717, 1.165) is 59.5 Å². The van der Waals surface area contributed by atoms with Gasteiger partial charge in [0.05, 0.1) is 31.4 Å². The molecule has 3 aromatic rings. The lowest BCUT2D eigenvalue weighted by molar-refractivity contribution is -0.206. The van der Waals surface area contributed by atoms with Gasteiger partial charge in [0, 0.05) is 25.3 Å². The third-order valence-corrected chi connectivity index (χ3v) is 8.07. The van der Waals surface area contributed by atoms with Crippen LogP contribution in [0.25, 0.3) is 11.1 Å². The van der Waals surface area contributed by atoms with Crippen molar-refractivity contribution in [3.8, 4) is 17.2 Å². The summed E-state index contributed by atoms with van der Waals surface area (Å²) >= 11 is 1.25. The number of nitrogens with one attached hydrogen (secondary N) is 1. The molecular weight excluding hydrogens is 474 g/mol. The highest BCUT2D eigenvalue weighted by Gasteiger charge is 2.46. The molecule has 0 atom stereocenters. The van der Waals surface area contributed by atoms with Crippen molar-refractivity contribution in [3.05, 3.63) is 64.6 Å². The number of carbonyl (C=O) groups excluding carboxylic acids is 1. The Morgan fingerprint density at radius 2 is 2.17 bits per heavy atom. The minimum Gasteiger partial charge on any atom is -0.374 e. The number of methoxy groups -OCH3 is 1. The Bertz CT molecular complexity index is 1360. The van der Waals surface area contributed by atoms with Crippen LogP contribution in [0.15, 0.2) is 41.6 Å². The second kappa shape index (κ2) is 9.36. The Labute approximate surface area is 214 Å². The number of aromatic nitrogens is 3. The number of ether oxygens (including phenoxy) is 2. The number of hydrogen-bond acceptors (Lipinski definition) is 7. The number of benzene rings is 1.